The number of carbonyl (C=O) groups is 3. The summed E-state index contributed by atoms with van der Waals surface area (Å²) in [7, 11) is 2.86. The van der Waals surface area contributed by atoms with E-state index in [0.29, 0.717) is 40.0 Å². The largest absolute Gasteiger partial charge is 0.497 e. The Morgan fingerprint density at radius 2 is 1.65 bits per heavy atom. The van der Waals surface area contributed by atoms with Gasteiger partial charge in [-0.1, -0.05) is 36.4 Å². The number of para-hydroxylation sites is 1. The van der Waals surface area contributed by atoms with Crippen LogP contribution >= 0.6 is 0 Å². The minimum Gasteiger partial charge on any atom is -0.497 e. The van der Waals surface area contributed by atoms with Gasteiger partial charge in [0.1, 0.15) is 23.9 Å². The van der Waals surface area contributed by atoms with Crippen molar-refractivity contribution in [2.45, 2.75) is 45.3 Å². The maximum absolute atomic E-state index is 14.1. The van der Waals surface area contributed by atoms with Gasteiger partial charge in [0.2, 0.25) is 11.8 Å². The first-order valence-electron chi connectivity index (χ1n) is 12.9. The Morgan fingerprint density at radius 3 is 2.27 bits per heavy atom. The van der Waals surface area contributed by atoms with Crippen LogP contribution in [0.3, 0.4) is 0 Å². The number of anilines is 1. The molecular formula is C30H33N5O5. The van der Waals surface area contributed by atoms with Crippen molar-refractivity contribution in [3.63, 3.8) is 0 Å². The van der Waals surface area contributed by atoms with E-state index in [0.717, 1.165) is 0 Å². The maximum Gasteiger partial charge on any atom is 0.337 e. The summed E-state index contributed by atoms with van der Waals surface area (Å²) in [6.07, 6.45) is 0.681. The van der Waals surface area contributed by atoms with Gasteiger partial charge in [-0.15, -0.1) is 5.10 Å². The van der Waals surface area contributed by atoms with Gasteiger partial charge in [-0.3, -0.25) is 14.5 Å². The lowest BCUT2D eigenvalue weighted by atomic mass is 9.98. The van der Waals surface area contributed by atoms with Gasteiger partial charge in [-0.25, -0.2) is 9.48 Å². The van der Waals surface area contributed by atoms with Crippen LogP contribution in [0.15, 0.2) is 72.8 Å². The standard InChI is InChI=1S/C30H33N5O5/c1-6-30(2,3)31-28(37)27(20-13-17-23(39-4)18-14-20)35(22-15-11-21(12-16-22)29(38)40-5)26(36)19-34-25-10-8-7-9-24(25)32-33-34/h7-18,27H,6,19H2,1-5H3,(H,31,37)/t27-/m0/s1. The molecule has 0 spiro atoms. The SMILES string of the molecule is CCC(C)(C)NC(=O)[C@H](c1ccc(OC)cc1)N(C(=O)Cn1nnc2ccccc21)c1ccc(C(=O)OC)cc1. The fraction of sp³-hybridized carbons (Fsp3) is 0.300. The lowest BCUT2D eigenvalue weighted by Crippen LogP contribution is -2.51. The van der Waals surface area contributed by atoms with Crippen LogP contribution in [0.2, 0.25) is 0 Å². The van der Waals surface area contributed by atoms with E-state index in [1.54, 1.807) is 55.6 Å². The fourth-order valence-corrected chi connectivity index (χ4v) is 4.25. The molecular weight excluding hydrogens is 510 g/mol. The lowest BCUT2D eigenvalue weighted by molar-refractivity contribution is -0.128. The average molecular weight is 544 g/mol. The second-order valence-corrected chi connectivity index (χ2v) is 9.94. The number of esters is 1. The van der Waals surface area contributed by atoms with E-state index in [2.05, 4.69) is 15.6 Å². The van der Waals surface area contributed by atoms with E-state index in [1.807, 2.05) is 45.0 Å². The van der Waals surface area contributed by atoms with E-state index in [-0.39, 0.29) is 12.5 Å². The maximum atomic E-state index is 14.1. The summed E-state index contributed by atoms with van der Waals surface area (Å²) in [6.45, 7) is 5.66. The summed E-state index contributed by atoms with van der Waals surface area (Å²) in [4.78, 5) is 41.6. The van der Waals surface area contributed by atoms with Crippen molar-refractivity contribution in [3.8, 4) is 5.75 Å². The Balaban J connectivity index is 1.83. The monoisotopic (exact) mass is 543 g/mol. The second kappa shape index (κ2) is 12.0. The number of methoxy groups -OCH3 is 2. The van der Waals surface area contributed by atoms with Crippen molar-refractivity contribution < 1.29 is 23.9 Å². The van der Waals surface area contributed by atoms with Crippen LogP contribution in [0, 0.1) is 0 Å². The predicted molar refractivity (Wildman–Crippen MR) is 151 cm³/mol. The summed E-state index contributed by atoms with van der Waals surface area (Å²) in [6, 6.07) is 19.7. The summed E-state index contributed by atoms with van der Waals surface area (Å²) < 4.78 is 11.6. The van der Waals surface area contributed by atoms with E-state index < -0.39 is 23.5 Å². The van der Waals surface area contributed by atoms with Gasteiger partial charge in [0, 0.05) is 11.2 Å². The third-order valence-electron chi connectivity index (χ3n) is 6.82. The number of fused-ring (bicyclic) bond motifs is 1. The summed E-state index contributed by atoms with van der Waals surface area (Å²) in [5, 5.41) is 11.4. The highest BCUT2D eigenvalue weighted by atomic mass is 16.5. The van der Waals surface area contributed by atoms with Crippen molar-refractivity contribution in [3.05, 3.63) is 83.9 Å². The quantitative estimate of drug-likeness (QED) is 0.297. The topological polar surface area (TPSA) is 116 Å². The number of carbonyl (C=O) groups excluding carboxylic acids is 3. The molecule has 3 aromatic carbocycles. The first-order valence-corrected chi connectivity index (χ1v) is 12.9. The molecule has 2 amide bonds. The molecule has 0 fully saturated rings. The highest BCUT2D eigenvalue weighted by molar-refractivity contribution is 6.02. The summed E-state index contributed by atoms with van der Waals surface area (Å²) in [5.41, 5.74) is 2.14. The Hall–Kier alpha value is -4.73. The van der Waals surface area contributed by atoms with Crippen molar-refractivity contribution in [1.29, 1.82) is 0 Å². The van der Waals surface area contributed by atoms with E-state index in [1.165, 1.54) is 16.7 Å². The highest BCUT2D eigenvalue weighted by Gasteiger charge is 2.35. The number of aromatic nitrogens is 3. The first-order chi connectivity index (χ1) is 19.2. The number of hydrogen-bond acceptors (Lipinski definition) is 7. The number of rotatable bonds is 10. The van der Waals surface area contributed by atoms with Gasteiger partial charge in [-0.2, -0.15) is 0 Å². The molecule has 40 heavy (non-hydrogen) atoms. The number of hydrogen-bond donors (Lipinski definition) is 1. The molecule has 0 bridgehead atoms. The van der Waals surface area contributed by atoms with Gasteiger partial charge in [0.25, 0.3) is 0 Å². The molecule has 1 atom stereocenters. The molecule has 1 aromatic heterocycles. The van der Waals surface area contributed by atoms with Crippen molar-refractivity contribution in [2.24, 2.45) is 0 Å². The molecule has 4 aromatic rings. The molecule has 208 valence electrons. The van der Waals surface area contributed by atoms with Crippen LogP contribution in [0.4, 0.5) is 5.69 Å². The molecule has 1 N–H and O–H groups in total. The van der Waals surface area contributed by atoms with E-state index in [4.69, 9.17) is 9.47 Å². The number of ether oxygens (including phenoxy) is 2. The normalized spacial score (nSPS) is 12.0. The number of nitrogens with zero attached hydrogens (tertiary/aromatic N) is 4. The van der Waals surface area contributed by atoms with Crippen LogP contribution < -0.4 is 15.0 Å². The van der Waals surface area contributed by atoms with Gasteiger partial charge < -0.3 is 14.8 Å². The first kappa shape index (κ1) is 28.3. The Kier molecular flexibility index (Phi) is 8.47. The predicted octanol–water partition coefficient (Wildman–Crippen LogP) is 4.31. The summed E-state index contributed by atoms with van der Waals surface area (Å²) in [5.74, 6) is -0.642. The van der Waals surface area contributed by atoms with Crippen LogP contribution in [-0.4, -0.2) is 52.5 Å². The van der Waals surface area contributed by atoms with Gasteiger partial charge in [-0.05, 0) is 74.4 Å². The fourth-order valence-electron chi connectivity index (χ4n) is 4.25. The molecule has 0 radical (unpaired) electrons. The Bertz CT molecular complexity index is 1500. The van der Waals surface area contributed by atoms with Crippen LogP contribution in [0.1, 0.15) is 49.2 Å². The molecule has 0 aliphatic heterocycles. The molecule has 0 aliphatic rings. The molecule has 0 unspecified atom stereocenters. The summed E-state index contributed by atoms with van der Waals surface area (Å²) >= 11 is 0. The number of nitrogens with one attached hydrogen (secondary N) is 1. The van der Waals surface area contributed by atoms with E-state index >= 15 is 0 Å². The molecule has 0 aliphatic carbocycles. The minimum atomic E-state index is -1.04. The molecule has 1 heterocycles. The smallest absolute Gasteiger partial charge is 0.337 e. The van der Waals surface area contributed by atoms with Crippen LogP contribution in [0.25, 0.3) is 11.0 Å². The zero-order valence-corrected chi connectivity index (χ0v) is 23.2. The van der Waals surface area contributed by atoms with Gasteiger partial charge in [0.15, 0.2) is 0 Å². The van der Waals surface area contributed by atoms with E-state index in [9.17, 15) is 14.4 Å². The van der Waals surface area contributed by atoms with Gasteiger partial charge in [0.05, 0.1) is 25.3 Å². The number of amides is 2. The Morgan fingerprint density at radius 1 is 0.975 bits per heavy atom. The van der Waals surface area contributed by atoms with Gasteiger partial charge >= 0.3 is 5.97 Å². The molecule has 0 saturated carbocycles. The van der Waals surface area contributed by atoms with Crippen LogP contribution in [0.5, 0.6) is 5.75 Å². The van der Waals surface area contributed by atoms with Crippen molar-refractivity contribution >= 4 is 34.5 Å². The van der Waals surface area contributed by atoms with Crippen molar-refractivity contribution in [2.75, 3.05) is 19.1 Å². The van der Waals surface area contributed by atoms with Crippen LogP contribution in [-0.2, 0) is 20.9 Å². The highest BCUT2D eigenvalue weighted by Crippen LogP contribution is 2.31. The third kappa shape index (κ3) is 6.12. The van der Waals surface area contributed by atoms with Crippen molar-refractivity contribution in [1.82, 2.24) is 20.3 Å². The average Bonchev–Trinajstić information content (AvgIpc) is 3.37. The Labute approximate surface area is 232 Å². The lowest BCUT2D eigenvalue weighted by Gasteiger charge is -2.34. The molecule has 0 saturated heterocycles. The second-order valence-electron chi connectivity index (χ2n) is 9.94. The zero-order chi connectivity index (χ0) is 28.9. The minimum absolute atomic E-state index is 0.170. The molecule has 4 rings (SSSR count). The third-order valence-corrected chi connectivity index (χ3v) is 6.82. The zero-order valence-electron chi connectivity index (χ0n) is 23.2. The molecule has 10 nitrogen and oxygen atoms in total. The molecule has 10 heteroatoms. The number of benzene rings is 3.